The van der Waals surface area contributed by atoms with Gasteiger partial charge in [-0.1, -0.05) is 55.4 Å². The van der Waals surface area contributed by atoms with Crippen molar-refractivity contribution in [2.45, 2.75) is 127 Å². The molecule has 0 radical (unpaired) electrons. The van der Waals surface area contributed by atoms with Crippen LogP contribution in [0, 0.1) is 16.7 Å². The molecule has 1 fully saturated rings. The molecule has 1 aromatic rings. The molecule has 4 aliphatic rings. The van der Waals surface area contributed by atoms with Crippen LogP contribution >= 0.6 is 0 Å². The highest BCUT2D eigenvalue weighted by molar-refractivity contribution is 6.42. The molecule has 4 unspecified atom stereocenters. The van der Waals surface area contributed by atoms with Crippen LogP contribution in [0.25, 0.3) is 5.57 Å². The average molecular weight is 655 g/mol. The van der Waals surface area contributed by atoms with Crippen LogP contribution in [0.1, 0.15) is 114 Å². The summed E-state index contributed by atoms with van der Waals surface area (Å²) in [5, 5.41) is 14.9. The highest BCUT2D eigenvalue weighted by Gasteiger charge is 2.45. The normalized spacial score (nSPS) is 26.7. The number of ketones is 1. The number of hydrogen-bond donors (Lipinski definition) is 2. The molecule has 48 heavy (non-hydrogen) atoms. The van der Waals surface area contributed by atoms with Crippen LogP contribution in [0.4, 0.5) is 11.4 Å². The number of carbonyl (C=O) groups excluding carboxylic acids is 3. The Morgan fingerprint density at radius 2 is 1.42 bits per heavy atom. The molecule has 0 bridgehead atoms. The summed E-state index contributed by atoms with van der Waals surface area (Å²) in [4.78, 5) is 50.2. The van der Waals surface area contributed by atoms with Crippen molar-refractivity contribution in [2.75, 3.05) is 10.2 Å². The first-order valence-corrected chi connectivity index (χ1v) is 17.4. The zero-order valence-corrected chi connectivity index (χ0v) is 31.3. The fourth-order valence-corrected chi connectivity index (χ4v) is 7.41. The zero-order valence-electron chi connectivity index (χ0n) is 31.3. The van der Waals surface area contributed by atoms with Gasteiger partial charge in [0.1, 0.15) is 5.76 Å². The Morgan fingerprint density at radius 1 is 0.833 bits per heavy atom. The van der Waals surface area contributed by atoms with Crippen LogP contribution in [-0.2, 0) is 14.4 Å². The van der Waals surface area contributed by atoms with E-state index in [1.807, 2.05) is 65.8 Å². The molecular weight excluding hydrogens is 600 g/mol. The molecule has 258 valence electrons. The van der Waals surface area contributed by atoms with Crippen LogP contribution in [0.5, 0.6) is 0 Å². The Bertz CT molecular complexity index is 1760. The predicted molar refractivity (Wildman–Crippen MR) is 195 cm³/mol. The van der Waals surface area contributed by atoms with E-state index in [1.54, 1.807) is 0 Å². The standard InChI is InChI=1S/C40H54N4O4/c1-19(2)43-23(7)21(5)25-15-27(29(17-31(25)43)41-37(47)39(9,10)11)33-35(45)34(36(33)46)28-16-26-22(6)24(8)44(20(3)4)32(26)18-30(28)42-38(48)40(12,13)14/h15-24,45H,1-14H3,(H,41,47)/b34-28-,42-30?. The van der Waals surface area contributed by atoms with Crippen molar-refractivity contribution in [3.8, 4) is 0 Å². The maximum absolute atomic E-state index is 14.4. The zero-order chi connectivity index (χ0) is 35.9. The van der Waals surface area contributed by atoms with E-state index in [1.165, 1.54) is 0 Å². The Morgan fingerprint density at radius 3 is 1.94 bits per heavy atom. The minimum Gasteiger partial charge on any atom is -0.506 e. The summed E-state index contributed by atoms with van der Waals surface area (Å²) in [6.07, 6.45) is 3.86. The van der Waals surface area contributed by atoms with Crippen molar-refractivity contribution in [1.82, 2.24) is 4.90 Å². The second kappa shape index (κ2) is 11.9. The number of nitrogens with one attached hydrogen (secondary N) is 1. The third-order valence-electron chi connectivity index (χ3n) is 10.5. The molecule has 2 N–H and O–H groups in total. The fourth-order valence-electron chi connectivity index (χ4n) is 7.41. The van der Waals surface area contributed by atoms with Crippen molar-refractivity contribution < 1.29 is 19.5 Å². The molecule has 2 aliphatic heterocycles. The molecule has 0 aromatic heterocycles. The number of hydrogen-bond acceptors (Lipinski definition) is 6. The van der Waals surface area contributed by atoms with Gasteiger partial charge in [0.25, 0.3) is 5.91 Å². The summed E-state index contributed by atoms with van der Waals surface area (Å²) in [5.41, 5.74) is 4.88. The summed E-state index contributed by atoms with van der Waals surface area (Å²) in [6, 6.07) is 4.80. The highest BCUT2D eigenvalue weighted by Crippen LogP contribution is 2.50. The van der Waals surface area contributed by atoms with Crippen LogP contribution in [-0.4, -0.2) is 57.5 Å². The third-order valence-corrected chi connectivity index (χ3v) is 10.5. The van der Waals surface area contributed by atoms with Gasteiger partial charge in [-0.25, -0.2) is 4.99 Å². The van der Waals surface area contributed by atoms with Crippen molar-refractivity contribution in [2.24, 2.45) is 21.7 Å². The fraction of sp³-hybridized carbons (Fsp3) is 0.550. The van der Waals surface area contributed by atoms with Gasteiger partial charge in [-0.3, -0.25) is 14.4 Å². The maximum atomic E-state index is 14.4. The molecular formula is C40H54N4O4. The monoisotopic (exact) mass is 654 g/mol. The number of carbonyl (C=O) groups is 3. The summed E-state index contributed by atoms with van der Waals surface area (Å²) in [6.45, 7) is 28.3. The summed E-state index contributed by atoms with van der Waals surface area (Å²) >= 11 is 0. The van der Waals surface area contributed by atoms with Gasteiger partial charge in [0.2, 0.25) is 11.7 Å². The number of likely N-dealkylation sites (tertiary alicyclic amines) is 1. The first-order valence-electron chi connectivity index (χ1n) is 17.4. The maximum Gasteiger partial charge on any atom is 0.251 e. The second-order valence-corrected chi connectivity index (χ2v) is 16.7. The van der Waals surface area contributed by atoms with Crippen molar-refractivity contribution in [1.29, 1.82) is 0 Å². The Kier molecular flexibility index (Phi) is 8.76. The number of aliphatic hydroxyl groups is 1. The predicted octanol–water partition coefficient (Wildman–Crippen LogP) is 8.13. The number of allylic oxidation sites excluding steroid dienone is 6. The number of fused-ring (bicyclic) bond motifs is 2. The van der Waals surface area contributed by atoms with Gasteiger partial charge in [0, 0.05) is 69.4 Å². The molecule has 2 aliphatic carbocycles. The minimum absolute atomic E-state index is 0.148. The van der Waals surface area contributed by atoms with E-state index < -0.39 is 10.8 Å². The topological polar surface area (TPSA) is 102 Å². The summed E-state index contributed by atoms with van der Waals surface area (Å²) in [7, 11) is 0. The van der Waals surface area contributed by atoms with Crippen LogP contribution in [0.3, 0.4) is 0 Å². The number of Topliss-reactive ketones (excluding diaryl/α,β-unsaturated/α-hetero) is 1. The van der Waals surface area contributed by atoms with Crippen molar-refractivity contribution in [3.63, 3.8) is 0 Å². The second-order valence-electron chi connectivity index (χ2n) is 16.7. The molecule has 2 heterocycles. The number of benzene rings is 1. The number of anilines is 2. The minimum atomic E-state index is -0.728. The lowest BCUT2D eigenvalue weighted by Gasteiger charge is -2.32. The average Bonchev–Trinajstić information content (AvgIpc) is 3.35. The number of rotatable bonds is 4. The van der Waals surface area contributed by atoms with E-state index in [0.29, 0.717) is 22.5 Å². The molecule has 4 atom stereocenters. The van der Waals surface area contributed by atoms with Gasteiger partial charge in [-0.05, 0) is 77.0 Å². The van der Waals surface area contributed by atoms with Crippen LogP contribution < -0.4 is 10.2 Å². The van der Waals surface area contributed by atoms with E-state index in [4.69, 9.17) is 0 Å². The van der Waals surface area contributed by atoms with Crippen molar-refractivity contribution >= 4 is 40.3 Å². The quantitative estimate of drug-likeness (QED) is 0.318. The van der Waals surface area contributed by atoms with E-state index in [0.717, 1.165) is 22.5 Å². The van der Waals surface area contributed by atoms with Gasteiger partial charge < -0.3 is 20.2 Å². The van der Waals surface area contributed by atoms with E-state index in [-0.39, 0.29) is 70.5 Å². The van der Waals surface area contributed by atoms with Gasteiger partial charge in [0.15, 0.2) is 0 Å². The van der Waals surface area contributed by atoms with E-state index in [9.17, 15) is 19.5 Å². The van der Waals surface area contributed by atoms with E-state index >= 15 is 0 Å². The number of nitrogens with zero attached hydrogens (tertiary/aromatic N) is 3. The molecule has 5 rings (SSSR count). The number of amides is 2. The first kappa shape index (κ1) is 35.4. The number of aliphatic hydroxyl groups excluding tert-OH is 1. The molecule has 0 spiro atoms. The molecule has 2 amide bonds. The molecule has 1 aromatic carbocycles. The lowest BCUT2D eigenvalue weighted by atomic mass is 9.76. The smallest absolute Gasteiger partial charge is 0.251 e. The van der Waals surface area contributed by atoms with Crippen LogP contribution in [0.2, 0.25) is 0 Å². The first-order chi connectivity index (χ1) is 22.1. The molecule has 0 saturated carbocycles. The van der Waals surface area contributed by atoms with Crippen LogP contribution in [0.15, 0.2) is 57.5 Å². The summed E-state index contributed by atoms with van der Waals surface area (Å²) in [5.74, 6) is -0.639. The van der Waals surface area contributed by atoms with E-state index in [2.05, 4.69) is 75.5 Å². The highest BCUT2D eigenvalue weighted by atomic mass is 16.3. The SMILES string of the molecule is CC1C2=C/C(=C3/C(=O)C(c4cc5c(cc4NC(=O)C(C)(C)C)N(C(C)C)C(C)C5C)=C3O)C(=NC(=O)C(C)(C)C)C=C2N(C(C)C)C1C. The van der Waals surface area contributed by atoms with Gasteiger partial charge >= 0.3 is 0 Å². The molecule has 1 saturated heterocycles. The lowest BCUT2D eigenvalue weighted by Crippen LogP contribution is -2.36. The Hall–Kier alpha value is -3.94. The van der Waals surface area contributed by atoms with Crippen molar-refractivity contribution in [3.05, 3.63) is 63.6 Å². The summed E-state index contributed by atoms with van der Waals surface area (Å²) < 4.78 is 0. The van der Waals surface area contributed by atoms with Gasteiger partial charge in [-0.15, -0.1) is 0 Å². The Balaban J connectivity index is 1.74. The molecule has 8 heteroatoms. The Labute approximate surface area is 286 Å². The van der Waals surface area contributed by atoms with Gasteiger partial charge in [0.05, 0.1) is 22.5 Å². The third kappa shape index (κ3) is 5.65. The van der Waals surface area contributed by atoms with Gasteiger partial charge in [-0.2, -0.15) is 0 Å². The lowest BCUT2D eigenvalue weighted by molar-refractivity contribution is -0.125. The largest absolute Gasteiger partial charge is 0.506 e. The number of aliphatic imine (C=N–C) groups is 1. The molecule has 8 nitrogen and oxygen atoms in total.